The fourth-order valence-electron chi connectivity index (χ4n) is 3.25. The summed E-state index contributed by atoms with van der Waals surface area (Å²) in [5, 5.41) is 0. The molecule has 1 aliphatic rings. The van der Waals surface area contributed by atoms with E-state index in [-0.39, 0.29) is 0 Å². The minimum atomic E-state index is -2.33. The van der Waals surface area contributed by atoms with E-state index in [1.807, 2.05) is 0 Å². The van der Waals surface area contributed by atoms with Gasteiger partial charge in [-0.2, -0.15) is 0 Å². The van der Waals surface area contributed by atoms with Crippen LogP contribution in [0.3, 0.4) is 0 Å². The van der Waals surface area contributed by atoms with Gasteiger partial charge in [-0.05, 0) is 38.9 Å². The summed E-state index contributed by atoms with van der Waals surface area (Å²) in [6.07, 6.45) is 3.10. The molecule has 0 aromatic rings. The molecule has 0 N–H and O–H groups in total. The van der Waals surface area contributed by atoms with Crippen LogP contribution in [0.4, 0.5) is 0 Å². The van der Waals surface area contributed by atoms with Crippen molar-refractivity contribution in [3.63, 3.8) is 0 Å². The third-order valence-electron chi connectivity index (χ3n) is 4.44. The molecule has 0 unspecified atom stereocenters. The van der Waals surface area contributed by atoms with Crippen LogP contribution in [0.5, 0.6) is 0 Å². The minimum Gasteiger partial charge on any atom is -0.415 e. The Balaban J connectivity index is 2.74. The molecule has 0 saturated carbocycles. The zero-order valence-corrected chi connectivity index (χ0v) is 21.4. The second-order valence-electron chi connectivity index (χ2n) is 7.79. The van der Waals surface area contributed by atoms with Gasteiger partial charge in [-0.15, -0.1) is 0 Å². The summed E-state index contributed by atoms with van der Waals surface area (Å²) in [7, 11) is -7.00. The van der Waals surface area contributed by atoms with Crippen LogP contribution in [0.25, 0.3) is 0 Å². The molecule has 0 radical (unpaired) electrons. The number of hydrogen-bond acceptors (Lipinski definition) is 6. The molecule has 0 aromatic carbocycles. The lowest BCUT2D eigenvalue weighted by molar-refractivity contribution is 0.123. The maximum Gasteiger partial charge on any atom is 0.319 e. The van der Waals surface area contributed by atoms with Gasteiger partial charge in [-0.25, -0.2) is 0 Å². The summed E-state index contributed by atoms with van der Waals surface area (Å²) in [6.45, 7) is 17.4. The highest BCUT2D eigenvalue weighted by Crippen LogP contribution is 2.36. The summed E-state index contributed by atoms with van der Waals surface area (Å²) in [5.74, 6) is 0. The Bertz CT molecular complexity index is 336. The highest BCUT2D eigenvalue weighted by atomic mass is 28.5. The van der Waals surface area contributed by atoms with Crippen molar-refractivity contribution in [3.05, 3.63) is 0 Å². The van der Waals surface area contributed by atoms with Gasteiger partial charge in [0.25, 0.3) is 0 Å². The second kappa shape index (κ2) is 12.9. The molecule has 9 heteroatoms. The van der Waals surface area contributed by atoms with E-state index < -0.39 is 25.7 Å². The molecule has 1 aliphatic heterocycles. The van der Waals surface area contributed by atoms with Gasteiger partial charge in [0.2, 0.25) is 0 Å². The molecule has 1 saturated heterocycles. The molecular weight excluding hydrogens is 396 g/mol. The molecule has 27 heavy (non-hydrogen) atoms. The van der Waals surface area contributed by atoms with Gasteiger partial charge < -0.3 is 26.6 Å². The summed E-state index contributed by atoms with van der Waals surface area (Å²) in [5.41, 5.74) is 0. The van der Waals surface area contributed by atoms with Gasteiger partial charge >= 0.3 is 25.7 Å². The van der Waals surface area contributed by atoms with Crippen molar-refractivity contribution in [2.45, 2.75) is 77.8 Å². The predicted molar refractivity (Wildman–Crippen MR) is 116 cm³/mol. The van der Waals surface area contributed by atoms with Crippen molar-refractivity contribution in [3.8, 4) is 0 Å². The topological polar surface area (TPSA) is 55.4 Å². The van der Waals surface area contributed by atoms with E-state index in [2.05, 4.69) is 40.4 Å². The first-order valence-corrected chi connectivity index (χ1v) is 18.2. The third kappa shape index (κ3) is 10.1. The van der Waals surface area contributed by atoms with Crippen LogP contribution in [0.15, 0.2) is 0 Å². The maximum absolute atomic E-state index is 6.61. The molecule has 0 amide bonds. The molecule has 1 heterocycles. The molecular formula is C18H42O6Si3. The lowest BCUT2D eigenvalue weighted by atomic mass is 10.5. The van der Waals surface area contributed by atoms with E-state index in [0.29, 0.717) is 19.8 Å². The first-order chi connectivity index (χ1) is 12.8. The maximum atomic E-state index is 6.61. The Morgan fingerprint density at radius 1 is 0.481 bits per heavy atom. The smallest absolute Gasteiger partial charge is 0.319 e. The number of ether oxygens (including phenoxy) is 3. The van der Waals surface area contributed by atoms with Crippen molar-refractivity contribution >= 4 is 25.7 Å². The number of rotatable bonds is 15. The lowest BCUT2D eigenvalue weighted by Gasteiger charge is -2.50. The largest absolute Gasteiger partial charge is 0.415 e. The Hall–Kier alpha value is 0.411. The summed E-state index contributed by atoms with van der Waals surface area (Å²) >= 11 is 0. The van der Waals surface area contributed by atoms with Gasteiger partial charge in [0, 0.05) is 57.8 Å². The van der Waals surface area contributed by atoms with Crippen LogP contribution >= 0.6 is 0 Å². The van der Waals surface area contributed by atoms with Gasteiger partial charge in [0.05, 0.1) is 0 Å². The standard InChI is InChI=1S/C18H42O6Si3/c1-7-10-19-13-16-25(4)22-26(5,17-14-20-11-8-2)24-27(6,23-25)18-15-21-12-9-3/h7-18H2,1-6H3. The zero-order valence-electron chi connectivity index (χ0n) is 18.4. The van der Waals surface area contributed by atoms with Gasteiger partial charge in [-0.1, -0.05) is 20.8 Å². The first kappa shape index (κ1) is 25.4. The van der Waals surface area contributed by atoms with Crippen molar-refractivity contribution in [2.75, 3.05) is 39.6 Å². The van der Waals surface area contributed by atoms with E-state index in [4.69, 9.17) is 26.6 Å². The molecule has 1 rings (SSSR count). The van der Waals surface area contributed by atoms with Crippen molar-refractivity contribution in [2.24, 2.45) is 0 Å². The zero-order chi connectivity index (χ0) is 20.2. The molecule has 6 nitrogen and oxygen atoms in total. The first-order valence-electron chi connectivity index (χ1n) is 10.6. The van der Waals surface area contributed by atoms with E-state index in [1.54, 1.807) is 0 Å². The average Bonchev–Trinajstić information content (AvgIpc) is 2.58. The Morgan fingerprint density at radius 3 is 0.963 bits per heavy atom. The third-order valence-corrected chi connectivity index (χ3v) is 18.1. The molecule has 0 spiro atoms. The average molecular weight is 439 g/mol. The molecule has 0 aliphatic carbocycles. The van der Waals surface area contributed by atoms with E-state index in [1.165, 1.54) is 0 Å². The highest BCUT2D eigenvalue weighted by Gasteiger charge is 2.56. The van der Waals surface area contributed by atoms with Crippen molar-refractivity contribution in [1.82, 2.24) is 0 Å². The summed E-state index contributed by atoms with van der Waals surface area (Å²) in [6, 6.07) is 2.56. The summed E-state index contributed by atoms with van der Waals surface area (Å²) in [4.78, 5) is 0. The van der Waals surface area contributed by atoms with Crippen LogP contribution in [0.2, 0.25) is 37.8 Å². The van der Waals surface area contributed by atoms with Crippen LogP contribution < -0.4 is 0 Å². The Kier molecular flexibility index (Phi) is 12.1. The number of hydrogen-bond donors (Lipinski definition) is 0. The SMILES string of the molecule is CCCOCC[Si]1(C)O[Si](C)(CCOCCC)O[Si](C)(CCOCCC)O1. The molecule has 1 fully saturated rings. The minimum absolute atomic E-state index is 0.699. The Morgan fingerprint density at radius 2 is 0.741 bits per heavy atom. The monoisotopic (exact) mass is 438 g/mol. The van der Waals surface area contributed by atoms with E-state index in [9.17, 15) is 0 Å². The second-order valence-corrected chi connectivity index (χ2v) is 18.5. The van der Waals surface area contributed by atoms with E-state index >= 15 is 0 Å². The van der Waals surface area contributed by atoms with Gasteiger partial charge in [0.1, 0.15) is 0 Å². The van der Waals surface area contributed by atoms with Crippen LogP contribution in [0.1, 0.15) is 40.0 Å². The van der Waals surface area contributed by atoms with Crippen LogP contribution in [-0.2, 0) is 26.6 Å². The molecule has 0 bridgehead atoms. The van der Waals surface area contributed by atoms with Crippen molar-refractivity contribution in [1.29, 1.82) is 0 Å². The predicted octanol–water partition coefficient (Wildman–Crippen LogP) is 4.55. The summed E-state index contributed by atoms with van der Waals surface area (Å²) < 4.78 is 37.0. The molecule has 0 aromatic heterocycles. The lowest BCUT2D eigenvalue weighted by Crippen LogP contribution is -2.68. The Labute approximate surface area is 170 Å². The van der Waals surface area contributed by atoms with Crippen molar-refractivity contribution < 1.29 is 26.6 Å². The fraction of sp³-hybridized carbons (Fsp3) is 1.00. The van der Waals surface area contributed by atoms with Crippen LogP contribution in [-0.4, -0.2) is 65.3 Å². The van der Waals surface area contributed by atoms with Gasteiger partial charge in [0.15, 0.2) is 0 Å². The fourth-order valence-corrected chi connectivity index (χ4v) is 19.8. The highest BCUT2D eigenvalue weighted by molar-refractivity contribution is 6.93. The quantitative estimate of drug-likeness (QED) is 0.276. The van der Waals surface area contributed by atoms with Gasteiger partial charge in [-0.3, -0.25) is 0 Å². The molecule has 162 valence electrons. The molecule has 0 atom stereocenters. The van der Waals surface area contributed by atoms with Crippen LogP contribution in [0, 0.1) is 0 Å². The normalized spacial score (nSPS) is 31.3. The van der Waals surface area contributed by atoms with E-state index in [0.717, 1.165) is 57.2 Å².